The number of nitrogens with zero attached hydrogens (tertiary/aromatic N) is 2. The molecule has 0 saturated carbocycles. The molecule has 3 aromatic rings. The zero-order chi connectivity index (χ0) is 17.4. The summed E-state index contributed by atoms with van der Waals surface area (Å²) in [6.07, 6.45) is 4.10. The Kier molecular flexibility index (Phi) is 3.97. The Morgan fingerprint density at radius 2 is 2.08 bits per heavy atom. The normalized spacial score (nSPS) is 17.7. The summed E-state index contributed by atoms with van der Waals surface area (Å²) in [6.45, 7) is 2.10. The first-order chi connectivity index (χ1) is 12.1. The van der Waals surface area contributed by atoms with E-state index >= 15 is 0 Å². The second-order valence-corrected chi connectivity index (χ2v) is 6.46. The lowest BCUT2D eigenvalue weighted by Gasteiger charge is -2.23. The molecular formula is C19H19FN4O. The average Bonchev–Trinajstić information content (AvgIpc) is 3.05. The van der Waals surface area contributed by atoms with Gasteiger partial charge in [-0.2, -0.15) is 5.10 Å². The number of piperidine rings is 1. The van der Waals surface area contributed by atoms with E-state index in [9.17, 15) is 9.18 Å². The minimum atomic E-state index is -0.685. The number of benzene rings is 2. The van der Waals surface area contributed by atoms with Crippen LogP contribution < -0.4 is 11.1 Å². The fourth-order valence-corrected chi connectivity index (χ4v) is 3.45. The maximum atomic E-state index is 13.7. The van der Waals surface area contributed by atoms with Crippen LogP contribution in [0, 0.1) is 5.82 Å². The Hall–Kier alpha value is -2.73. The van der Waals surface area contributed by atoms with Gasteiger partial charge in [0.05, 0.1) is 11.3 Å². The Balaban J connectivity index is 1.69. The molecule has 5 nitrogen and oxygen atoms in total. The molecule has 1 atom stereocenters. The molecule has 1 aliphatic rings. The third-order valence-electron chi connectivity index (χ3n) is 4.76. The smallest absolute Gasteiger partial charge is 0.251 e. The van der Waals surface area contributed by atoms with Crippen molar-refractivity contribution >= 4 is 16.8 Å². The van der Waals surface area contributed by atoms with Crippen LogP contribution in [-0.4, -0.2) is 28.8 Å². The van der Waals surface area contributed by atoms with Gasteiger partial charge in [-0.05, 0) is 55.1 Å². The zero-order valence-corrected chi connectivity index (χ0v) is 13.7. The molecule has 3 N–H and O–H groups in total. The van der Waals surface area contributed by atoms with Gasteiger partial charge in [0.25, 0.3) is 5.91 Å². The fourth-order valence-electron chi connectivity index (χ4n) is 3.45. The predicted octanol–water partition coefficient (Wildman–Crippen LogP) is 2.73. The second kappa shape index (κ2) is 6.29. The summed E-state index contributed by atoms with van der Waals surface area (Å²) in [4.78, 5) is 11.5. The number of rotatable bonds is 3. The van der Waals surface area contributed by atoms with Gasteiger partial charge in [0, 0.05) is 18.1 Å². The number of hydrogen-bond acceptors (Lipinski definition) is 3. The van der Waals surface area contributed by atoms with Crippen molar-refractivity contribution < 1.29 is 9.18 Å². The number of aromatic nitrogens is 2. The van der Waals surface area contributed by atoms with Crippen LogP contribution in [0.15, 0.2) is 42.6 Å². The van der Waals surface area contributed by atoms with Crippen LogP contribution in [0.4, 0.5) is 4.39 Å². The quantitative estimate of drug-likeness (QED) is 0.771. The Bertz CT molecular complexity index is 926. The van der Waals surface area contributed by atoms with E-state index in [0.717, 1.165) is 24.8 Å². The van der Waals surface area contributed by atoms with E-state index in [1.54, 1.807) is 10.9 Å². The van der Waals surface area contributed by atoms with Crippen LogP contribution in [-0.2, 0) is 0 Å². The van der Waals surface area contributed by atoms with Gasteiger partial charge in [0.1, 0.15) is 11.3 Å². The molecule has 25 heavy (non-hydrogen) atoms. The third kappa shape index (κ3) is 3.00. The number of carbonyl (C=O) groups excluding carboxylic acids is 1. The van der Waals surface area contributed by atoms with E-state index in [2.05, 4.69) is 22.5 Å². The highest BCUT2D eigenvalue weighted by Gasteiger charge is 2.16. The van der Waals surface area contributed by atoms with Crippen molar-refractivity contribution in [3.8, 4) is 5.69 Å². The van der Waals surface area contributed by atoms with Crippen LogP contribution in [0.5, 0.6) is 0 Å². The maximum absolute atomic E-state index is 13.7. The Morgan fingerprint density at radius 1 is 1.28 bits per heavy atom. The van der Waals surface area contributed by atoms with Gasteiger partial charge in [0.2, 0.25) is 0 Å². The van der Waals surface area contributed by atoms with Gasteiger partial charge >= 0.3 is 0 Å². The Morgan fingerprint density at radius 3 is 2.76 bits per heavy atom. The molecule has 2 heterocycles. The number of nitrogens with one attached hydrogen (secondary N) is 1. The summed E-state index contributed by atoms with van der Waals surface area (Å²) >= 11 is 0. The standard InChI is InChI=1S/C19H19FN4O/c20-15-8-14-11-24(23-18(14)17(9-15)19(21)25)16-5-3-12(4-6-16)13-2-1-7-22-10-13/h3-6,8-9,11,13,22H,1-2,7,10H2,(H2,21,25)/t13-/m1/s1. The molecule has 0 bridgehead atoms. The van der Waals surface area contributed by atoms with E-state index in [4.69, 9.17) is 5.73 Å². The van der Waals surface area contributed by atoms with Crippen LogP contribution in [0.3, 0.4) is 0 Å². The predicted molar refractivity (Wildman–Crippen MR) is 94.4 cm³/mol. The summed E-state index contributed by atoms with van der Waals surface area (Å²) in [6, 6.07) is 10.7. The molecule has 4 rings (SSSR count). The molecule has 128 valence electrons. The molecule has 0 unspecified atom stereocenters. The molecule has 0 radical (unpaired) electrons. The topological polar surface area (TPSA) is 72.9 Å². The van der Waals surface area contributed by atoms with Crippen LogP contribution in [0.1, 0.15) is 34.7 Å². The van der Waals surface area contributed by atoms with Crippen LogP contribution >= 0.6 is 0 Å². The summed E-state index contributed by atoms with van der Waals surface area (Å²) in [5.41, 5.74) is 8.01. The van der Waals surface area contributed by atoms with Crippen LogP contribution in [0.2, 0.25) is 0 Å². The highest BCUT2D eigenvalue weighted by molar-refractivity contribution is 6.04. The van der Waals surface area contributed by atoms with Crippen molar-refractivity contribution in [2.24, 2.45) is 5.73 Å². The number of hydrogen-bond donors (Lipinski definition) is 2. The summed E-state index contributed by atoms with van der Waals surface area (Å²) < 4.78 is 15.3. The summed E-state index contributed by atoms with van der Waals surface area (Å²) in [5.74, 6) is -0.647. The molecular weight excluding hydrogens is 319 g/mol. The molecule has 2 aromatic carbocycles. The van der Waals surface area contributed by atoms with E-state index < -0.39 is 11.7 Å². The van der Waals surface area contributed by atoms with Crippen molar-refractivity contribution in [2.75, 3.05) is 13.1 Å². The van der Waals surface area contributed by atoms with E-state index in [-0.39, 0.29) is 5.56 Å². The maximum Gasteiger partial charge on any atom is 0.251 e. The third-order valence-corrected chi connectivity index (χ3v) is 4.76. The minimum Gasteiger partial charge on any atom is -0.366 e. The number of fused-ring (bicyclic) bond motifs is 1. The second-order valence-electron chi connectivity index (χ2n) is 6.46. The van der Waals surface area contributed by atoms with Crippen LogP contribution in [0.25, 0.3) is 16.6 Å². The zero-order valence-electron chi connectivity index (χ0n) is 13.7. The van der Waals surface area contributed by atoms with E-state index in [1.807, 2.05) is 12.1 Å². The lowest BCUT2D eigenvalue weighted by atomic mass is 9.92. The minimum absolute atomic E-state index is 0.0960. The molecule has 1 aliphatic heterocycles. The van der Waals surface area contributed by atoms with Crippen molar-refractivity contribution in [3.05, 3.63) is 59.5 Å². The van der Waals surface area contributed by atoms with Crippen molar-refractivity contribution in [1.82, 2.24) is 15.1 Å². The molecule has 0 spiro atoms. The highest BCUT2D eigenvalue weighted by Crippen LogP contribution is 2.25. The van der Waals surface area contributed by atoms with Gasteiger partial charge in [-0.25, -0.2) is 9.07 Å². The van der Waals surface area contributed by atoms with E-state index in [0.29, 0.717) is 16.8 Å². The van der Waals surface area contributed by atoms with E-state index in [1.165, 1.54) is 24.5 Å². The molecule has 6 heteroatoms. The number of carbonyl (C=O) groups is 1. The SMILES string of the molecule is NC(=O)c1cc(F)cc2cn(-c3ccc([C@@H]4CCCNC4)cc3)nc12. The van der Waals surface area contributed by atoms with Crippen molar-refractivity contribution in [2.45, 2.75) is 18.8 Å². The van der Waals surface area contributed by atoms with Gasteiger partial charge in [-0.15, -0.1) is 0 Å². The monoisotopic (exact) mass is 338 g/mol. The lowest BCUT2D eigenvalue weighted by molar-refractivity contribution is 0.100. The average molecular weight is 338 g/mol. The van der Waals surface area contributed by atoms with Gasteiger partial charge in [-0.1, -0.05) is 12.1 Å². The first-order valence-electron chi connectivity index (χ1n) is 8.41. The largest absolute Gasteiger partial charge is 0.366 e. The summed E-state index contributed by atoms with van der Waals surface area (Å²) in [7, 11) is 0. The Labute approximate surface area is 144 Å². The number of halogens is 1. The van der Waals surface area contributed by atoms with Gasteiger partial charge in [0.15, 0.2) is 0 Å². The number of nitrogens with two attached hydrogens (primary N) is 1. The number of amides is 1. The fraction of sp³-hybridized carbons (Fsp3) is 0.263. The van der Waals surface area contributed by atoms with Gasteiger partial charge < -0.3 is 11.1 Å². The molecule has 1 amide bonds. The number of primary amides is 1. The molecule has 1 fully saturated rings. The van der Waals surface area contributed by atoms with Gasteiger partial charge in [-0.3, -0.25) is 4.79 Å². The molecule has 0 aliphatic carbocycles. The highest BCUT2D eigenvalue weighted by atomic mass is 19.1. The first kappa shape index (κ1) is 15.8. The van der Waals surface area contributed by atoms with Crippen molar-refractivity contribution in [3.63, 3.8) is 0 Å². The summed E-state index contributed by atoms with van der Waals surface area (Å²) in [5, 5.41) is 8.40. The molecule has 1 aromatic heterocycles. The molecule has 1 saturated heterocycles. The lowest BCUT2D eigenvalue weighted by Crippen LogP contribution is -2.28. The van der Waals surface area contributed by atoms with Crippen molar-refractivity contribution in [1.29, 1.82) is 0 Å². The first-order valence-corrected chi connectivity index (χ1v) is 8.41.